The van der Waals surface area contributed by atoms with Crippen molar-refractivity contribution in [3.05, 3.63) is 16.4 Å². The van der Waals surface area contributed by atoms with Crippen LogP contribution in [0, 0.1) is 0 Å². The minimum atomic E-state index is 0.0888. The molecule has 1 aromatic heterocycles. The first-order valence-corrected chi connectivity index (χ1v) is 7.85. The minimum Gasteiger partial charge on any atom is -0.323 e. The molecule has 0 radical (unpaired) electrons. The zero-order valence-corrected chi connectivity index (χ0v) is 13.4. The lowest BCUT2D eigenvalue weighted by Crippen LogP contribution is -2.18. The van der Waals surface area contributed by atoms with Gasteiger partial charge in [-0.15, -0.1) is 0 Å². The Morgan fingerprint density at radius 2 is 1.94 bits per heavy atom. The van der Waals surface area contributed by atoms with Crippen molar-refractivity contribution in [2.24, 2.45) is 5.73 Å². The van der Waals surface area contributed by atoms with Crippen LogP contribution in [0.25, 0.3) is 0 Å². The maximum Gasteiger partial charge on any atom is 0.0696 e. The number of rotatable bonds is 8. The van der Waals surface area contributed by atoms with Crippen LogP contribution in [0.1, 0.15) is 77.1 Å². The fourth-order valence-electron chi connectivity index (χ4n) is 2.21. The van der Waals surface area contributed by atoms with E-state index in [2.05, 4.69) is 41.8 Å². The Labute approximate surface area is 119 Å². The van der Waals surface area contributed by atoms with E-state index in [1.165, 1.54) is 32.1 Å². The molecule has 0 spiro atoms. The lowest BCUT2D eigenvalue weighted by molar-refractivity contribution is 0.464. The number of halogens is 1. The quantitative estimate of drug-likeness (QED) is 0.713. The average Bonchev–Trinajstić information content (AvgIpc) is 2.71. The molecule has 0 fully saturated rings. The molecule has 4 heteroatoms. The van der Waals surface area contributed by atoms with E-state index in [9.17, 15) is 0 Å². The van der Waals surface area contributed by atoms with Crippen molar-refractivity contribution in [1.29, 1.82) is 0 Å². The Kier molecular flexibility index (Phi) is 6.94. The first kappa shape index (κ1) is 15.7. The Hall–Kier alpha value is -0.350. The lowest BCUT2D eigenvalue weighted by Gasteiger charge is -2.17. The fraction of sp³-hybridized carbons (Fsp3) is 0.786. The minimum absolute atomic E-state index is 0.0888. The molecule has 104 valence electrons. The first-order chi connectivity index (χ1) is 8.57. The number of aromatic nitrogens is 2. The Balaban J connectivity index is 2.50. The highest BCUT2D eigenvalue weighted by atomic mass is 79.9. The molecular formula is C14H26BrN3. The number of nitrogens with zero attached hydrogens (tertiary/aromatic N) is 2. The number of nitrogens with two attached hydrogens (primary N) is 1. The summed E-state index contributed by atoms with van der Waals surface area (Å²) in [6, 6.07) is 0.448. The topological polar surface area (TPSA) is 43.8 Å². The van der Waals surface area contributed by atoms with E-state index in [1.54, 1.807) is 0 Å². The van der Waals surface area contributed by atoms with Crippen molar-refractivity contribution in [1.82, 2.24) is 9.78 Å². The van der Waals surface area contributed by atoms with Gasteiger partial charge < -0.3 is 5.73 Å². The summed E-state index contributed by atoms with van der Waals surface area (Å²) in [5.74, 6) is 0. The zero-order valence-electron chi connectivity index (χ0n) is 11.8. The van der Waals surface area contributed by atoms with E-state index in [1.807, 2.05) is 10.9 Å². The Morgan fingerprint density at radius 1 is 1.28 bits per heavy atom. The largest absolute Gasteiger partial charge is 0.323 e. The fourth-order valence-corrected chi connectivity index (χ4v) is 2.78. The average molecular weight is 316 g/mol. The Morgan fingerprint density at radius 3 is 2.56 bits per heavy atom. The standard InChI is InChI=1S/C14H26BrN3/c1-4-5-6-7-8-9-13(16)14-12(15)10-17-18(14)11(2)3/h10-11,13H,4-9,16H2,1-3H3. The number of unbranched alkanes of at least 4 members (excludes halogenated alkanes) is 4. The van der Waals surface area contributed by atoms with Crippen LogP contribution in [0.4, 0.5) is 0 Å². The summed E-state index contributed by atoms with van der Waals surface area (Å²) in [6.45, 7) is 6.51. The van der Waals surface area contributed by atoms with Gasteiger partial charge in [0.15, 0.2) is 0 Å². The maximum absolute atomic E-state index is 6.30. The molecule has 1 rings (SSSR count). The van der Waals surface area contributed by atoms with E-state index >= 15 is 0 Å². The summed E-state index contributed by atoms with van der Waals surface area (Å²) in [6.07, 6.45) is 9.34. The molecule has 0 saturated heterocycles. The molecule has 18 heavy (non-hydrogen) atoms. The second kappa shape index (κ2) is 7.95. The molecule has 2 N–H and O–H groups in total. The summed E-state index contributed by atoms with van der Waals surface area (Å²) in [4.78, 5) is 0. The van der Waals surface area contributed by atoms with E-state index in [0.717, 1.165) is 16.6 Å². The number of hydrogen-bond acceptors (Lipinski definition) is 2. The van der Waals surface area contributed by atoms with Gasteiger partial charge in [0.05, 0.1) is 16.4 Å². The van der Waals surface area contributed by atoms with Crippen molar-refractivity contribution in [3.8, 4) is 0 Å². The van der Waals surface area contributed by atoms with Crippen molar-refractivity contribution in [3.63, 3.8) is 0 Å². The summed E-state index contributed by atoms with van der Waals surface area (Å²) in [5.41, 5.74) is 7.44. The van der Waals surface area contributed by atoms with E-state index in [4.69, 9.17) is 5.73 Å². The normalized spacial score (nSPS) is 13.2. The van der Waals surface area contributed by atoms with Crippen molar-refractivity contribution < 1.29 is 0 Å². The highest BCUT2D eigenvalue weighted by Gasteiger charge is 2.17. The van der Waals surface area contributed by atoms with Crippen LogP contribution in [0.5, 0.6) is 0 Å². The van der Waals surface area contributed by atoms with Gasteiger partial charge in [-0.1, -0.05) is 39.0 Å². The molecule has 0 saturated carbocycles. The van der Waals surface area contributed by atoms with Gasteiger partial charge in [0.1, 0.15) is 0 Å². The van der Waals surface area contributed by atoms with Gasteiger partial charge in [0.2, 0.25) is 0 Å². The predicted octanol–water partition coefficient (Wildman–Crippen LogP) is 4.59. The predicted molar refractivity (Wildman–Crippen MR) is 80.6 cm³/mol. The molecule has 0 aliphatic carbocycles. The molecule has 1 aromatic rings. The summed E-state index contributed by atoms with van der Waals surface area (Å²) < 4.78 is 3.07. The van der Waals surface area contributed by atoms with E-state index in [-0.39, 0.29) is 6.04 Å². The summed E-state index contributed by atoms with van der Waals surface area (Å²) in [7, 11) is 0. The van der Waals surface area contributed by atoms with Gasteiger partial charge in [-0.25, -0.2) is 0 Å². The molecule has 0 aliphatic heterocycles. The van der Waals surface area contributed by atoms with Crippen molar-refractivity contribution in [2.75, 3.05) is 0 Å². The lowest BCUT2D eigenvalue weighted by atomic mass is 10.0. The molecule has 0 amide bonds. The number of hydrogen-bond donors (Lipinski definition) is 1. The molecule has 1 atom stereocenters. The highest BCUT2D eigenvalue weighted by molar-refractivity contribution is 9.10. The van der Waals surface area contributed by atoms with Gasteiger partial charge in [0.25, 0.3) is 0 Å². The smallest absolute Gasteiger partial charge is 0.0696 e. The highest BCUT2D eigenvalue weighted by Crippen LogP contribution is 2.27. The van der Waals surface area contributed by atoms with Crippen molar-refractivity contribution >= 4 is 15.9 Å². The van der Waals surface area contributed by atoms with Crippen LogP contribution in [-0.2, 0) is 0 Å². The second-order valence-corrected chi connectivity index (χ2v) is 6.08. The summed E-state index contributed by atoms with van der Waals surface area (Å²) in [5, 5.41) is 4.38. The third-order valence-corrected chi connectivity index (χ3v) is 3.86. The maximum atomic E-state index is 6.30. The monoisotopic (exact) mass is 315 g/mol. The third-order valence-electron chi connectivity index (χ3n) is 3.25. The van der Waals surface area contributed by atoms with E-state index in [0.29, 0.717) is 6.04 Å². The van der Waals surface area contributed by atoms with Gasteiger partial charge in [-0.05, 0) is 36.2 Å². The van der Waals surface area contributed by atoms with Crippen LogP contribution in [0.3, 0.4) is 0 Å². The van der Waals surface area contributed by atoms with Gasteiger partial charge in [0, 0.05) is 12.1 Å². The third kappa shape index (κ3) is 4.39. The van der Waals surface area contributed by atoms with Crippen LogP contribution < -0.4 is 5.73 Å². The van der Waals surface area contributed by atoms with Gasteiger partial charge >= 0.3 is 0 Å². The van der Waals surface area contributed by atoms with Crippen LogP contribution >= 0.6 is 15.9 Å². The first-order valence-electron chi connectivity index (χ1n) is 7.06. The van der Waals surface area contributed by atoms with Crippen LogP contribution in [-0.4, -0.2) is 9.78 Å². The van der Waals surface area contributed by atoms with Crippen LogP contribution in [0.15, 0.2) is 10.7 Å². The summed E-state index contributed by atoms with van der Waals surface area (Å²) >= 11 is 3.56. The second-order valence-electron chi connectivity index (χ2n) is 5.23. The zero-order chi connectivity index (χ0) is 13.5. The Bertz CT molecular complexity index is 347. The molecule has 0 aliphatic rings. The van der Waals surface area contributed by atoms with Gasteiger partial charge in [-0.3, -0.25) is 4.68 Å². The molecular weight excluding hydrogens is 290 g/mol. The molecule has 0 aromatic carbocycles. The molecule has 1 heterocycles. The molecule has 3 nitrogen and oxygen atoms in total. The SMILES string of the molecule is CCCCCCCC(N)c1c(Br)cnn1C(C)C. The van der Waals surface area contributed by atoms with E-state index < -0.39 is 0 Å². The van der Waals surface area contributed by atoms with Crippen molar-refractivity contribution in [2.45, 2.75) is 71.4 Å². The molecule has 1 unspecified atom stereocenters. The van der Waals surface area contributed by atoms with Crippen LogP contribution in [0.2, 0.25) is 0 Å². The molecule has 0 bridgehead atoms. The van der Waals surface area contributed by atoms with Gasteiger partial charge in [-0.2, -0.15) is 5.10 Å².